The molecule has 0 radical (unpaired) electrons. The molecule has 30 heavy (non-hydrogen) atoms. The summed E-state index contributed by atoms with van der Waals surface area (Å²) in [5, 5.41) is 0. The minimum Gasteiger partial charge on any atom is -0.465 e. The first kappa shape index (κ1) is 28.9. The van der Waals surface area contributed by atoms with E-state index in [0.29, 0.717) is 37.9 Å². The molecule has 0 N–H and O–H groups in total. The van der Waals surface area contributed by atoms with Crippen molar-refractivity contribution >= 4 is 11.9 Å². The van der Waals surface area contributed by atoms with E-state index in [1.807, 2.05) is 0 Å². The van der Waals surface area contributed by atoms with Gasteiger partial charge in [-0.05, 0) is 24.7 Å². The van der Waals surface area contributed by atoms with Gasteiger partial charge < -0.3 is 9.47 Å². The summed E-state index contributed by atoms with van der Waals surface area (Å²) in [6.45, 7) is 18.4. The molecule has 0 saturated carbocycles. The van der Waals surface area contributed by atoms with E-state index in [9.17, 15) is 9.59 Å². The largest absolute Gasteiger partial charge is 0.465 e. The van der Waals surface area contributed by atoms with Gasteiger partial charge in [0, 0.05) is 23.7 Å². The molecule has 2 unspecified atom stereocenters. The molecule has 0 aromatic carbocycles. The number of hydrogen-bond donors (Lipinski definition) is 0. The van der Waals surface area contributed by atoms with Gasteiger partial charge in [-0.15, -0.1) is 0 Å². The zero-order valence-electron chi connectivity index (χ0n) is 21.3. The third kappa shape index (κ3) is 12.6. The van der Waals surface area contributed by atoms with Gasteiger partial charge >= 0.3 is 11.9 Å². The molecule has 0 amide bonds. The SMILES string of the molecule is CCC(C)C(C)(C)COC(=O)CCCCCCCCC(=O)OCC(C)(C)C(C)CC. The van der Waals surface area contributed by atoms with Crippen LogP contribution in [0.2, 0.25) is 0 Å². The molecule has 4 heteroatoms. The Morgan fingerprint density at radius 3 is 1.23 bits per heavy atom. The van der Waals surface area contributed by atoms with Crippen LogP contribution in [0.25, 0.3) is 0 Å². The molecule has 0 aromatic rings. The lowest BCUT2D eigenvalue weighted by molar-refractivity contribution is -0.148. The Bertz CT molecular complexity index is 437. The Labute approximate surface area is 186 Å². The van der Waals surface area contributed by atoms with E-state index in [-0.39, 0.29) is 22.8 Å². The molecular formula is C26H50O4. The van der Waals surface area contributed by atoms with Crippen LogP contribution in [0.5, 0.6) is 0 Å². The fourth-order valence-electron chi connectivity index (χ4n) is 3.31. The van der Waals surface area contributed by atoms with E-state index in [2.05, 4.69) is 55.4 Å². The van der Waals surface area contributed by atoms with Crippen molar-refractivity contribution < 1.29 is 19.1 Å². The molecule has 0 spiro atoms. The van der Waals surface area contributed by atoms with Crippen LogP contribution in [0.15, 0.2) is 0 Å². The molecule has 0 aliphatic rings. The van der Waals surface area contributed by atoms with Crippen LogP contribution in [-0.4, -0.2) is 25.2 Å². The summed E-state index contributed by atoms with van der Waals surface area (Å²) in [4.78, 5) is 23.9. The van der Waals surface area contributed by atoms with Crippen LogP contribution in [0, 0.1) is 22.7 Å². The summed E-state index contributed by atoms with van der Waals surface area (Å²) in [6, 6.07) is 0. The Kier molecular flexibility index (Phi) is 14.3. The first-order chi connectivity index (χ1) is 14.0. The van der Waals surface area contributed by atoms with Gasteiger partial charge in [-0.3, -0.25) is 9.59 Å². The van der Waals surface area contributed by atoms with Crippen LogP contribution in [0.4, 0.5) is 0 Å². The van der Waals surface area contributed by atoms with E-state index in [1.54, 1.807) is 0 Å². The molecule has 0 aliphatic heterocycles. The van der Waals surface area contributed by atoms with Crippen LogP contribution >= 0.6 is 0 Å². The summed E-state index contributed by atoms with van der Waals surface area (Å²) in [5.74, 6) is 0.923. The number of hydrogen-bond acceptors (Lipinski definition) is 4. The molecule has 0 bridgehead atoms. The van der Waals surface area contributed by atoms with Crippen LogP contribution in [0.3, 0.4) is 0 Å². The first-order valence-corrected chi connectivity index (χ1v) is 12.3. The van der Waals surface area contributed by atoms with Gasteiger partial charge in [-0.25, -0.2) is 0 Å². The van der Waals surface area contributed by atoms with E-state index in [4.69, 9.17) is 9.47 Å². The number of rotatable bonds is 17. The molecule has 2 atom stereocenters. The van der Waals surface area contributed by atoms with Crippen LogP contribution in [-0.2, 0) is 19.1 Å². The monoisotopic (exact) mass is 426 g/mol. The third-order valence-corrected chi connectivity index (χ3v) is 7.11. The lowest BCUT2D eigenvalue weighted by atomic mass is 9.79. The average molecular weight is 427 g/mol. The van der Waals surface area contributed by atoms with Crippen molar-refractivity contribution in [1.29, 1.82) is 0 Å². The highest BCUT2D eigenvalue weighted by Crippen LogP contribution is 2.30. The Balaban J connectivity index is 3.70. The maximum atomic E-state index is 11.9. The summed E-state index contributed by atoms with van der Waals surface area (Å²) >= 11 is 0. The summed E-state index contributed by atoms with van der Waals surface area (Å²) in [7, 11) is 0. The van der Waals surface area contributed by atoms with Crippen molar-refractivity contribution in [3.8, 4) is 0 Å². The topological polar surface area (TPSA) is 52.6 Å². The van der Waals surface area contributed by atoms with Gasteiger partial charge in [0.25, 0.3) is 0 Å². The van der Waals surface area contributed by atoms with Crippen molar-refractivity contribution in [3.05, 3.63) is 0 Å². The fraction of sp³-hybridized carbons (Fsp3) is 0.923. The van der Waals surface area contributed by atoms with Gasteiger partial charge in [-0.2, -0.15) is 0 Å². The molecular weight excluding hydrogens is 376 g/mol. The quantitative estimate of drug-likeness (QED) is 0.180. The van der Waals surface area contributed by atoms with Gasteiger partial charge in [0.05, 0.1) is 13.2 Å². The highest BCUT2D eigenvalue weighted by Gasteiger charge is 2.27. The van der Waals surface area contributed by atoms with Crippen LogP contribution in [0.1, 0.15) is 120 Å². The van der Waals surface area contributed by atoms with Crippen molar-refractivity contribution in [2.75, 3.05) is 13.2 Å². The van der Waals surface area contributed by atoms with Gasteiger partial charge in [0.15, 0.2) is 0 Å². The highest BCUT2D eigenvalue weighted by molar-refractivity contribution is 5.69. The molecule has 0 aliphatic carbocycles. The Hall–Kier alpha value is -1.06. The van der Waals surface area contributed by atoms with Gasteiger partial charge in [0.1, 0.15) is 0 Å². The third-order valence-electron chi connectivity index (χ3n) is 7.11. The predicted molar refractivity (Wildman–Crippen MR) is 125 cm³/mol. The second-order valence-corrected chi connectivity index (χ2v) is 10.5. The minimum atomic E-state index is -0.0746. The normalized spacial score (nSPS) is 14.3. The van der Waals surface area contributed by atoms with E-state index in [0.717, 1.165) is 51.4 Å². The summed E-state index contributed by atoms with van der Waals surface area (Å²) in [6.07, 6.45) is 9.25. The van der Waals surface area contributed by atoms with Crippen molar-refractivity contribution in [2.24, 2.45) is 22.7 Å². The van der Waals surface area contributed by atoms with Gasteiger partial charge in [-0.1, -0.05) is 93.9 Å². The predicted octanol–water partition coefficient (Wildman–Crippen LogP) is 7.34. The van der Waals surface area contributed by atoms with E-state index in [1.165, 1.54) is 0 Å². The summed E-state index contributed by atoms with van der Waals surface area (Å²) in [5.41, 5.74) is 0.0745. The van der Waals surface area contributed by atoms with Crippen molar-refractivity contribution in [3.63, 3.8) is 0 Å². The minimum absolute atomic E-state index is 0.0373. The lowest BCUT2D eigenvalue weighted by Crippen LogP contribution is -2.28. The van der Waals surface area contributed by atoms with Gasteiger partial charge in [0.2, 0.25) is 0 Å². The standard InChI is InChI=1S/C26H50O4/c1-9-21(3)25(5,6)19-29-23(27)17-15-13-11-12-14-16-18-24(28)30-20-26(7,8)22(4)10-2/h21-22H,9-20H2,1-8H3. The first-order valence-electron chi connectivity index (χ1n) is 12.3. The zero-order chi connectivity index (χ0) is 23.2. The molecule has 0 saturated heterocycles. The van der Waals surface area contributed by atoms with E-state index >= 15 is 0 Å². The molecule has 0 aromatic heterocycles. The molecule has 0 fully saturated rings. The Morgan fingerprint density at radius 1 is 0.633 bits per heavy atom. The maximum absolute atomic E-state index is 11.9. The molecule has 0 heterocycles. The number of carbonyl (C=O) groups excluding carboxylic acids is 2. The average Bonchev–Trinajstić information content (AvgIpc) is 2.71. The maximum Gasteiger partial charge on any atom is 0.305 e. The second-order valence-electron chi connectivity index (χ2n) is 10.5. The van der Waals surface area contributed by atoms with Crippen molar-refractivity contribution in [1.82, 2.24) is 0 Å². The van der Waals surface area contributed by atoms with Crippen LogP contribution < -0.4 is 0 Å². The molecule has 0 rings (SSSR count). The summed E-state index contributed by atoms with van der Waals surface area (Å²) < 4.78 is 11.0. The second kappa shape index (κ2) is 14.9. The zero-order valence-corrected chi connectivity index (χ0v) is 21.3. The van der Waals surface area contributed by atoms with Crippen molar-refractivity contribution in [2.45, 2.75) is 120 Å². The number of ether oxygens (including phenoxy) is 2. The smallest absolute Gasteiger partial charge is 0.305 e. The molecule has 4 nitrogen and oxygen atoms in total. The fourth-order valence-corrected chi connectivity index (χ4v) is 3.31. The lowest BCUT2D eigenvalue weighted by Gasteiger charge is -2.30. The van der Waals surface area contributed by atoms with E-state index < -0.39 is 0 Å². The highest BCUT2D eigenvalue weighted by atomic mass is 16.5. The Morgan fingerprint density at radius 2 is 0.933 bits per heavy atom. The molecule has 178 valence electrons. The number of carbonyl (C=O) groups is 2. The number of esters is 2. The number of unbranched alkanes of at least 4 members (excludes halogenated alkanes) is 5.